The standard InChI is InChI=1S/C9H15FN2O2/c1-2-7-9(14)11-6-8(13)12(7)5-3-4-10/h7H,2-6H2,1H3,(H,11,14). The number of carbonyl (C=O) groups excluding carboxylic acids is 2. The van der Waals surface area contributed by atoms with Crippen LogP contribution in [0, 0.1) is 0 Å². The van der Waals surface area contributed by atoms with Crippen molar-refractivity contribution in [1.82, 2.24) is 10.2 Å². The molecule has 1 atom stereocenters. The summed E-state index contributed by atoms with van der Waals surface area (Å²) in [6, 6.07) is -0.414. The van der Waals surface area contributed by atoms with Crippen molar-refractivity contribution in [3.63, 3.8) is 0 Å². The quantitative estimate of drug-likeness (QED) is 0.702. The first-order valence-electron chi connectivity index (χ1n) is 4.83. The van der Waals surface area contributed by atoms with Gasteiger partial charge in [-0.1, -0.05) is 6.92 Å². The highest BCUT2D eigenvalue weighted by Gasteiger charge is 2.32. The summed E-state index contributed by atoms with van der Waals surface area (Å²) < 4.78 is 12.0. The number of alkyl halides is 1. The Morgan fingerprint density at radius 1 is 1.57 bits per heavy atom. The minimum Gasteiger partial charge on any atom is -0.345 e. The molecular formula is C9H15FN2O2. The minimum absolute atomic E-state index is 0.0433. The van der Waals surface area contributed by atoms with E-state index in [4.69, 9.17) is 0 Å². The van der Waals surface area contributed by atoms with Gasteiger partial charge >= 0.3 is 0 Å². The lowest BCUT2D eigenvalue weighted by Crippen LogP contribution is -2.58. The van der Waals surface area contributed by atoms with E-state index in [-0.39, 0.29) is 18.4 Å². The van der Waals surface area contributed by atoms with Gasteiger partial charge in [0.05, 0.1) is 13.2 Å². The second kappa shape index (κ2) is 4.93. The Balaban J connectivity index is 2.63. The fourth-order valence-corrected chi connectivity index (χ4v) is 1.61. The lowest BCUT2D eigenvalue weighted by molar-refractivity contribution is -0.145. The van der Waals surface area contributed by atoms with Crippen molar-refractivity contribution in [3.05, 3.63) is 0 Å². The summed E-state index contributed by atoms with van der Waals surface area (Å²) in [6.07, 6.45) is 0.874. The number of amides is 2. The molecule has 1 fully saturated rings. The number of nitrogens with zero attached hydrogens (tertiary/aromatic N) is 1. The maximum absolute atomic E-state index is 12.0. The Bertz CT molecular complexity index is 233. The van der Waals surface area contributed by atoms with E-state index >= 15 is 0 Å². The highest BCUT2D eigenvalue weighted by molar-refractivity contribution is 5.94. The van der Waals surface area contributed by atoms with Crippen molar-refractivity contribution < 1.29 is 14.0 Å². The van der Waals surface area contributed by atoms with E-state index in [9.17, 15) is 14.0 Å². The van der Waals surface area contributed by atoms with E-state index < -0.39 is 12.7 Å². The highest BCUT2D eigenvalue weighted by atomic mass is 19.1. The zero-order chi connectivity index (χ0) is 10.6. The van der Waals surface area contributed by atoms with Gasteiger partial charge in [0, 0.05) is 6.54 Å². The van der Waals surface area contributed by atoms with Gasteiger partial charge in [0.15, 0.2) is 0 Å². The second-order valence-electron chi connectivity index (χ2n) is 3.27. The molecule has 14 heavy (non-hydrogen) atoms. The van der Waals surface area contributed by atoms with Crippen molar-refractivity contribution in [1.29, 1.82) is 0 Å². The summed E-state index contributed by atoms with van der Waals surface area (Å²) in [7, 11) is 0. The zero-order valence-corrected chi connectivity index (χ0v) is 8.25. The van der Waals surface area contributed by atoms with Gasteiger partial charge in [0.1, 0.15) is 6.04 Å². The van der Waals surface area contributed by atoms with Gasteiger partial charge in [-0.15, -0.1) is 0 Å². The van der Waals surface area contributed by atoms with Crippen LogP contribution in [0.5, 0.6) is 0 Å². The van der Waals surface area contributed by atoms with Crippen molar-refractivity contribution >= 4 is 11.8 Å². The second-order valence-corrected chi connectivity index (χ2v) is 3.27. The molecule has 0 saturated carbocycles. The molecule has 80 valence electrons. The molecule has 1 rings (SSSR count). The predicted octanol–water partition coefficient (Wildman–Crippen LogP) is 0.0830. The molecule has 0 aromatic rings. The normalized spacial score (nSPS) is 22.4. The van der Waals surface area contributed by atoms with Crippen LogP contribution in [0.4, 0.5) is 4.39 Å². The van der Waals surface area contributed by atoms with Crippen LogP contribution in [0.15, 0.2) is 0 Å². The van der Waals surface area contributed by atoms with E-state index in [0.29, 0.717) is 19.4 Å². The third-order valence-electron chi connectivity index (χ3n) is 2.33. The largest absolute Gasteiger partial charge is 0.345 e. The van der Waals surface area contributed by atoms with Gasteiger partial charge in [-0.3, -0.25) is 14.0 Å². The number of nitrogens with one attached hydrogen (secondary N) is 1. The Hall–Kier alpha value is -1.13. The van der Waals surface area contributed by atoms with E-state index in [1.807, 2.05) is 6.92 Å². The van der Waals surface area contributed by atoms with Crippen molar-refractivity contribution in [3.8, 4) is 0 Å². The maximum Gasteiger partial charge on any atom is 0.243 e. The summed E-state index contributed by atoms with van der Waals surface area (Å²) in [5.74, 6) is -0.254. The summed E-state index contributed by atoms with van der Waals surface area (Å²) >= 11 is 0. The molecule has 0 aliphatic carbocycles. The van der Waals surface area contributed by atoms with Gasteiger partial charge in [-0.25, -0.2) is 0 Å². The molecule has 2 amide bonds. The molecular weight excluding hydrogens is 187 g/mol. The van der Waals surface area contributed by atoms with E-state index in [0.717, 1.165) is 0 Å². The van der Waals surface area contributed by atoms with Gasteiger partial charge < -0.3 is 10.2 Å². The average molecular weight is 202 g/mol. The van der Waals surface area contributed by atoms with Crippen LogP contribution >= 0.6 is 0 Å². The number of hydrogen-bond donors (Lipinski definition) is 1. The molecule has 1 aliphatic rings. The predicted molar refractivity (Wildman–Crippen MR) is 49.4 cm³/mol. The number of piperazine rings is 1. The molecule has 5 heteroatoms. The third-order valence-corrected chi connectivity index (χ3v) is 2.33. The van der Waals surface area contributed by atoms with E-state index in [1.54, 1.807) is 0 Å². The molecule has 0 spiro atoms. The molecule has 0 aromatic heterocycles. The Morgan fingerprint density at radius 2 is 2.29 bits per heavy atom. The topological polar surface area (TPSA) is 49.4 Å². The van der Waals surface area contributed by atoms with Crippen LogP contribution < -0.4 is 5.32 Å². The van der Waals surface area contributed by atoms with E-state index in [1.165, 1.54) is 4.90 Å². The summed E-state index contributed by atoms with van der Waals surface area (Å²) in [5, 5.41) is 2.52. The van der Waals surface area contributed by atoms with Crippen LogP contribution in [-0.4, -0.2) is 42.5 Å². The molecule has 4 nitrogen and oxygen atoms in total. The molecule has 1 aliphatic heterocycles. The van der Waals surface area contributed by atoms with Crippen LogP contribution in [-0.2, 0) is 9.59 Å². The van der Waals surface area contributed by atoms with Gasteiger partial charge in [0.25, 0.3) is 0 Å². The van der Waals surface area contributed by atoms with Crippen LogP contribution in [0.25, 0.3) is 0 Å². The average Bonchev–Trinajstić information content (AvgIpc) is 2.19. The number of hydrogen-bond acceptors (Lipinski definition) is 2. The molecule has 1 unspecified atom stereocenters. The van der Waals surface area contributed by atoms with E-state index in [2.05, 4.69) is 5.32 Å². The van der Waals surface area contributed by atoms with Crippen LogP contribution in [0.1, 0.15) is 19.8 Å². The Labute approximate surface area is 82.5 Å². The SMILES string of the molecule is CCC1C(=O)NCC(=O)N1CCCF. The summed E-state index contributed by atoms with van der Waals surface area (Å²) in [4.78, 5) is 24.2. The van der Waals surface area contributed by atoms with Gasteiger partial charge in [0.2, 0.25) is 11.8 Å². The lowest BCUT2D eigenvalue weighted by atomic mass is 10.1. The molecule has 0 bridgehead atoms. The Kier molecular flexibility index (Phi) is 3.85. The molecule has 0 radical (unpaired) electrons. The number of carbonyl (C=O) groups is 2. The third kappa shape index (κ3) is 2.21. The van der Waals surface area contributed by atoms with Gasteiger partial charge in [-0.05, 0) is 12.8 Å². The van der Waals surface area contributed by atoms with Gasteiger partial charge in [-0.2, -0.15) is 0 Å². The molecule has 1 saturated heterocycles. The van der Waals surface area contributed by atoms with Crippen molar-refractivity contribution in [2.45, 2.75) is 25.8 Å². The molecule has 1 N–H and O–H groups in total. The fraction of sp³-hybridized carbons (Fsp3) is 0.778. The highest BCUT2D eigenvalue weighted by Crippen LogP contribution is 2.09. The first-order chi connectivity index (χ1) is 6.70. The molecule has 1 heterocycles. The Morgan fingerprint density at radius 3 is 2.86 bits per heavy atom. The maximum atomic E-state index is 12.0. The monoisotopic (exact) mass is 202 g/mol. The van der Waals surface area contributed by atoms with Crippen molar-refractivity contribution in [2.75, 3.05) is 19.8 Å². The first-order valence-corrected chi connectivity index (χ1v) is 4.83. The smallest absolute Gasteiger partial charge is 0.243 e. The minimum atomic E-state index is -0.457. The summed E-state index contributed by atoms with van der Waals surface area (Å²) in [6.45, 7) is 1.76. The zero-order valence-electron chi connectivity index (χ0n) is 8.25. The number of rotatable bonds is 4. The lowest BCUT2D eigenvalue weighted by Gasteiger charge is -2.34. The van der Waals surface area contributed by atoms with Crippen molar-refractivity contribution in [2.24, 2.45) is 0 Å². The first kappa shape index (κ1) is 10.9. The molecule has 0 aromatic carbocycles. The summed E-state index contributed by atoms with van der Waals surface area (Å²) in [5.41, 5.74) is 0. The fourth-order valence-electron chi connectivity index (χ4n) is 1.61. The number of halogens is 1. The van der Waals surface area contributed by atoms with Crippen LogP contribution in [0.3, 0.4) is 0 Å². The van der Waals surface area contributed by atoms with Crippen LogP contribution in [0.2, 0.25) is 0 Å².